The highest BCUT2D eigenvalue weighted by atomic mass is 15.2. The van der Waals surface area contributed by atoms with Gasteiger partial charge in [-0.2, -0.15) is 5.26 Å². The van der Waals surface area contributed by atoms with Crippen molar-refractivity contribution in [3.05, 3.63) is 41.7 Å². The highest BCUT2D eigenvalue weighted by Crippen LogP contribution is 2.27. The molecule has 0 saturated carbocycles. The van der Waals surface area contributed by atoms with E-state index in [0.29, 0.717) is 5.56 Å². The second-order valence-corrected chi connectivity index (χ2v) is 4.14. The van der Waals surface area contributed by atoms with Crippen molar-refractivity contribution < 1.29 is 0 Å². The lowest BCUT2D eigenvalue weighted by atomic mass is 10.2. The Morgan fingerprint density at radius 1 is 1.21 bits per heavy atom. The van der Waals surface area contributed by atoms with E-state index >= 15 is 0 Å². The predicted molar refractivity (Wildman–Crippen MR) is 75.5 cm³/mol. The summed E-state index contributed by atoms with van der Waals surface area (Å²) in [6.45, 7) is 1.97. The zero-order valence-electron chi connectivity index (χ0n) is 11.2. The lowest BCUT2D eigenvalue weighted by Crippen LogP contribution is -2.14. The van der Waals surface area contributed by atoms with Gasteiger partial charge in [-0.1, -0.05) is 0 Å². The molecular weight excluding hydrogens is 238 g/mol. The Kier molecular flexibility index (Phi) is 3.62. The predicted octanol–water partition coefficient (Wildman–Crippen LogP) is 2.47. The number of nitriles is 1. The molecule has 19 heavy (non-hydrogen) atoms. The van der Waals surface area contributed by atoms with Crippen molar-refractivity contribution in [1.29, 1.82) is 5.26 Å². The zero-order chi connectivity index (χ0) is 13.8. The van der Waals surface area contributed by atoms with E-state index in [2.05, 4.69) is 21.4 Å². The first-order valence-corrected chi connectivity index (χ1v) is 5.90. The molecule has 0 atom stereocenters. The highest BCUT2D eigenvalue weighted by Gasteiger charge is 2.11. The van der Waals surface area contributed by atoms with E-state index < -0.39 is 0 Å². The molecule has 0 radical (unpaired) electrons. The van der Waals surface area contributed by atoms with Crippen molar-refractivity contribution in [1.82, 2.24) is 9.97 Å². The normalized spacial score (nSPS) is 9.79. The number of aromatic nitrogens is 2. The van der Waals surface area contributed by atoms with Gasteiger partial charge in [-0.25, -0.2) is 9.97 Å². The van der Waals surface area contributed by atoms with Crippen LogP contribution in [-0.2, 0) is 0 Å². The Morgan fingerprint density at radius 2 is 1.89 bits per heavy atom. The third-order valence-electron chi connectivity index (χ3n) is 3.00. The summed E-state index contributed by atoms with van der Waals surface area (Å²) >= 11 is 0. The van der Waals surface area contributed by atoms with Gasteiger partial charge in [0.25, 0.3) is 0 Å². The maximum atomic E-state index is 8.80. The summed E-state index contributed by atoms with van der Waals surface area (Å²) in [5, 5.41) is 11.8. The zero-order valence-corrected chi connectivity index (χ0v) is 11.2. The molecule has 96 valence electrons. The van der Waals surface area contributed by atoms with Gasteiger partial charge in [0.15, 0.2) is 0 Å². The van der Waals surface area contributed by atoms with E-state index in [-0.39, 0.29) is 0 Å². The lowest BCUT2D eigenvalue weighted by molar-refractivity contribution is 1.05. The van der Waals surface area contributed by atoms with E-state index in [9.17, 15) is 0 Å². The first kappa shape index (κ1) is 12.8. The second kappa shape index (κ2) is 5.36. The van der Waals surface area contributed by atoms with Crippen LogP contribution in [0.1, 0.15) is 11.1 Å². The summed E-state index contributed by atoms with van der Waals surface area (Å²) in [4.78, 5) is 10.5. The first-order valence-electron chi connectivity index (χ1n) is 5.90. The standard InChI is InChI=1S/C14H15N5/c1-10-13(16-2)17-9-18-14(10)19(3)12-6-4-11(8-15)5-7-12/h4-7,9H,1-3H3,(H,16,17,18). The van der Waals surface area contributed by atoms with Crippen LogP contribution < -0.4 is 10.2 Å². The molecule has 0 aliphatic heterocycles. The van der Waals surface area contributed by atoms with Gasteiger partial charge in [-0.05, 0) is 31.2 Å². The van der Waals surface area contributed by atoms with Crippen LogP contribution in [0.3, 0.4) is 0 Å². The number of anilines is 3. The van der Waals surface area contributed by atoms with E-state index in [0.717, 1.165) is 22.9 Å². The van der Waals surface area contributed by atoms with E-state index in [1.54, 1.807) is 12.1 Å². The molecular formula is C14H15N5. The minimum atomic E-state index is 0.646. The molecule has 2 rings (SSSR count). The van der Waals surface area contributed by atoms with Crippen LogP contribution in [0.4, 0.5) is 17.3 Å². The van der Waals surface area contributed by atoms with Crippen molar-refractivity contribution >= 4 is 17.3 Å². The summed E-state index contributed by atoms with van der Waals surface area (Å²) in [5.41, 5.74) is 2.60. The number of hydrogen-bond donors (Lipinski definition) is 1. The number of hydrogen-bond acceptors (Lipinski definition) is 5. The van der Waals surface area contributed by atoms with Crippen molar-refractivity contribution in [2.24, 2.45) is 0 Å². The van der Waals surface area contributed by atoms with Crippen molar-refractivity contribution in [3.8, 4) is 6.07 Å². The van der Waals surface area contributed by atoms with Gasteiger partial charge < -0.3 is 10.2 Å². The van der Waals surface area contributed by atoms with E-state index in [1.165, 1.54) is 6.33 Å². The smallest absolute Gasteiger partial charge is 0.141 e. The molecule has 0 unspecified atom stereocenters. The third kappa shape index (κ3) is 2.47. The first-order chi connectivity index (χ1) is 9.17. The molecule has 0 amide bonds. The Balaban J connectivity index is 2.38. The molecule has 5 nitrogen and oxygen atoms in total. The van der Waals surface area contributed by atoms with Gasteiger partial charge in [0.1, 0.15) is 18.0 Å². The summed E-state index contributed by atoms with van der Waals surface area (Å²) in [6.07, 6.45) is 1.54. The fourth-order valence-electron chi connectivity index (χ4n) is 1.91. The Bertz CT molecular complexity index is 613. The maximum absolute atomic E-state index is 8.80. The lowest BCUT2D eigenvalue weighted by Gasteiger charge is -2.21. The Hall–Kier alpha value is -2.61. The van der Waals surface area contributed by atoms with E-state index in [1.807, 2.05) is 38.1 Å². The second-order valence-electron chi connectivity index (χ2n) is 4.14. The summed E-state index contributed by atoms with van der Waals surface area (Å²) in [6, 6.07) is 9.50. The van der Waals surface area contributed by atoms with Crippen molar-refractivity contribution in [2.75, 3.05) is 24.3 Å². The minimum absolute atomic E-state index is 0.646. The van der Waals surface area contributed by atoms with Gasteiger partial charge in [0, 0.05) is 25.3 Å². The molecule has 2 aromatic rings. The van der Waals surface area contributed by atoms with Crippen molar-refractivity contribution in [3.63, 3.8) is 0 Å². The Labute approximate surface area is 112 Å². The molecule has 5 heteroatoms. The molecule has 0 bridgehead atoms. The molecule has 1 aromatic carbocycles. The molecule has 0 aliphatic rings. The summed E-state index contributed by atoms with van der Waals surface area (Å²) < 4.78 is 0. The van der Waals surface area contributed by atoms with Gasteiger partial charge in [0.05, 0.1) is 11.6 Å². The average Bonchev–Trinajstić information content (AvgIpc) is 2.47. The van der Waals surface area contributed by atoms with Crippen LogP contribution in [0.25, 0.3) is 0 Å². The summed E-state index contributed by atoms with van der Waals surface area (Å²) in [5.74, 6) is 1.65. The number of benzene rings is 1. The molecule has 0 spiro atoms. The highest BCUT2D eigenvalue weighted by molar-refractivity contribution is 5.66. The maximum Gasteiger partial charge on any atom is 0.141 e. The molecule has 0 fully saturated rings. The molecule has 0 saturated heterocycles. The van der Waals surface area contributed by atoms with Crippen LogP contribution in [0.2, 0.25) is 0 Å². The summed E-state index contributed by atoms with van der Waals surface area (Å²) in [7, 11) is 3.77. The number of nitrogens with one attached hydrogen (secondary N) is 1. The SMILES string of the molecule is CNc1ncnc(N(C)c2ccc(C#N)cc2)c1C. The monoisotopic (exact) mass is 253 g/mol. The Morgan fingerprint density at radius 3 is 2.47 bits per heavy atom. The van der Waals surface area contributed by atoms with Crippen LogP contribution in [-0.4, -0.2) is 24.1 Å². The van der Waals surface area contributed by atoms with Crippen LogP contribution >= 0.6 is 0 Å². The van der Waals surface area contributed by atoms with Crippen LogP contribution in [0.15, 0.2) is 30.6 Å². The topological polar surface area (TPSA) is 64.8 Å². The molecule has 1 aromatic heterocycles. The van der Waals surface area contributed by atoms with Gasteiger partial charge in [-0.3, -0.25) is 0 Å². The number of rotatable bonds is 3. The van der Waals surface area contributed by atoms with Gasteiger partial charge in [-0.15, -0.1) is 0 Å². The fraction of sp³-hybridized carbons (Fsp3) is 0.214. The largest absolute Gasteiger partial charge is 0.373 e. The third-order valence-corrected chi connectivity index (χ3v) is 3.00. The molecule has 1 heterocycles. The average molecular weight is 253 g/mol. The minimum Gasteiger partial charge on any atom is -0.373 e. The van der Waals surface area contributed by atoms with Gasteiger partial charge in [0.2, 0.25) is 0 Å². The molecule has 1 N–H and O–H groups in total. The van der Waals surface area contributed by atoms with Crippen LogP contribution in [0, 0.1) is 18.3 Å². The van der Waals surface area contributed by atoms with Crippen molar-refractivity contribution in [2.45, 2.75) is 6.92 Å². The number of nitrogens with zero attached hydrogens (tertiary/aromatic N) is 4. The fourth-order valence-corrected chi connectivity index (χ4v) is 1.91. The quantitative estimate of drug-likeness (QED) is 0.910. The van der Waals surface area contributed by atoms with Crippen LogP contribution in [0.5, 0.6) is 0 Å². The van der Waals surface area contributed by atoms with E-state index in [4.69, 9.17) is 5.26 Å². The molecule has 0 aliphatic carbocycles. The van der Waals surface area contributed by atoms with Gasteiger partial charge >= 0.3 is 0 Å².